The van der Waals surface area contributed by atoms with E-state index in [1.807, 2.05) is 78.9 Å². The number of amides is 2. The summed E-state index contributed by atoms with van der Waals surface area (Å²) in [5, 5.41) is 22.4. The lowest BCUT2D eigenvalue weighted by atomic mass is 9.97. The number of carbonyl (C=O) groups is 2. The molecule has 3 atom stereocenters. The maximum Gasteiger partial charge on any atom is 0.261 e. The number of imide groups is 1. The van der Waals surface area contributed by atoms with E-state index in [0.29, 0.717) is 28.3 Å². The Balaban J connectivity index is 1.12. The third-order valence-corrected chi connectivity index (χ3v) is 9.69. The molecule has 3 unspecified atom stereocenters. The summed E-state index contributed by atoms with van der Waals surface area (Å²) in [6.45, 7) is 0.136. The lowest BCUT2D eigenvalue weighted by Crippen LogP contribution is -2.32. The van der Waals surface area contributed by atoms with Gasteiger partial charge in [0.1, 0.15) is 0 Å². The van der Waals surface area contributed by atoms with Crippen molar-refractivity contribution in [1.29, 1.82) is 0 Å². The molecule has 1 fully saturated rings. The summed E-state index contributed by atoms with van der Waals surface area (Å²) < 4.78 is 13.8. The summed E-state index contributed by atoms with van der Waals surface area (Å²) in [5.41, 5.74) is 6.24. The van der Waals surface area contributed by atoms with Crippen LogP contribution in [-0.4, -0.2) is 33.7 Å². The minimum absolute atomic E-state index is 0.0309. The van der Waals surface area contributed by atoms with Gasteiger partial charge in [0.25, 0.3) is 16.8 Å². The van der Waals surface area contributed by atoms with E-state index in [0.717, 1.165) is 38.1 Å². The number of hydrogen-bond acceptors (Lipinski definition) is 7. The van der Waals surface area contributed by atoms with Crippen LogP contribution in [0.1, 0.15) is 61.8 Å². The number of pyridine rings is 1. The van der Waals surface area contributed by atoms with Crippen LogP contribution in [-0.2, 0) is 22.6 Å². The molecule has 236 valence electrons. The number of nitrogens with zero attached hydrogens (tertiary/aromatic N) is 2. The van der Waals surface area contributed by atoms with Crippen molar-refractivity contribution in [1.82, 2.24) is 4.90 Å². The van der Waals surface area contributed by atoms with Gasteiger partial charge in [-0.3, -0.25) is 14.5 Å². The van der Waals surface area contributed by atoms with Gasteiger partial charge in [0.15, 0.2) is 12.5 Å². The van der Waals surface area contributed by atoms with E-state index in [1.165, 1.54) is 22.9 Å². The third-order valence-electron chi connectivity index (χ3n) is 8.54. The van der Waals surface area contributed by atoms with Crippen molar-refractivity contribution >= 4 is 23.6 Å². The molecular formula is C38H32N2O6S. The van der Waals surface area contributed by atoms with Gasteiger partial charge in [-0.05, 0) is 46.0 Å². The normalized spacial score (nSPS) is 19.2. The zero-order valence-electron chi connectivity index (χ0n) is 25.4. The van der Waals surface area contributed by atoms with Crippen molar-refractivity contribution in [3.05, 3.63) is 160 Å². The highest BCUT2D eigenvalue weighted by Crippen LogP contribution is 2.40. The van der Waals surface area contributed by atoms with Gasteiger partial charge >= 0.3 is 0 Å². The van der Waals surface area contributed by atoms with Gasteiger partial charge in [-0.1, -0.05) is 96.7 Å². The van der Waals surface area contributed by atoms with Gasteiger partial charge in [0.05, 0.1) is 36.5 Å². The van der Waals surface area contributed by atoms with Gasteiger partial charge in [-0.15, -0.1) is 0 Å². The van der Waals surface area contributed by atoms with Crippen LogP contribution >= 0.6 is 11.8 Å². The highest BCUT2D eigenvalue weighted by Gasteiger charge is 2.36. The Hall–Kier alpha value is -4.80. The number of rotatable bonds is 9. The Kier molecular flexibility index (Phi) is 8.86. The number of carbonyl (C=O) groups excluding carboxylic acids is 2. The SMILES string of the molecule is O=C1c2ccccc2C(=O)N1Cc1ccccc1-c1ccc(C2OC(CSc3cccc[n+]3[O-])CC(c3ccc(CO)cc3)O2)cc1. The Morgan fingerprint density at radius 1 is 0.766 bits per heavy atom. The minimum Gasteiger partial charge on any atom is -0.618 e. The van der Waals surface area contributed by atoms with Crippen LogP contribution in [0.4, 0.5) is 0 Å². The number of aliphatic hydroxyl groups excluding tert-OH is 1. The van der Waals surface area contributed by atoms with E-state index in [9.17, 15) is 19.9 Å². The standard InChI is InChI=1S/C38H32N2O6S/c41-23-25-12-14-27(15-13-25)34-21-30(24-47-35-11-5-6-20-40(35)44)45-38(46-34)28-18-16-26(17-19-28)31-8-2-1-7-29(31)22-39-36(42)32-9-3-4-10-33(32)37(39)43/h1-20,30,34,38,41H,21-24H2. The third kappa shape index (κ3) is 6.43. The largest absolute Gasteiger partial charge is 0.618 e. The van der Waals surface area contributed by atoms with Gasteiger partial charge in [-0.2, -0.15) is 4.73 Å². The predicted molar refractivity (Wildman–Crippen MR) is 177 cm³/mol. The maximum absolute atomic E-state index is 13.1. The van der Waals surface area contributed by atoms with E-state index in [4.69, 9.17) is 9.47 Å². The molecule has 4 aromatic carbocycles. The molecule has 2 amide bonds. The van der Waals surface area contributed by atoms with Crippen LogP contribution in [0.15, 0.2) is 126 Å². The molecule has 9 heteroatoms. The summed E-state index contributed by atoms with van der Waals surface area (Å²) >= 11 is 1.45. The quantitative estimate of drug-likeness (QED) is 0.0834. The van der Waals surface area contributed by atoms with Crippen LogP contribution < -0.4 is 4.73 Å². The lowest BCUT2D eigenvalue weighted by Gasteiger charge is -2.36. The molecule has 0 radical (unpaired) electrons. The molecule has 8 nitrogen and oxygen atoms in total. The maximum atomic E-state index is 13.1. The van der Waals surface area contributed by atoms with Gasteiger partial charge in [0, 0.05) is 29.9 Å². The highest BCUT2D eigenvalue weighted by molar-refractivity contribution is 7.99. The van der Waals surface area contributed by atoms with Gasteiger partial charge in [-0.25, -0.2) is 0 Å². The second-order valence-electron chi connectivity index (χ2n) is 11.5. The van der Waals surface area contributed by atoms with Crippen LogP contribution in [0.5, 0.6) is 0 Å². The van der Waals surface area contributed by atoms with E-state index in [1.54, 1.807) is 36.4 Å². The molecule has 2 aliphatic heterocycles. The molecule has 0 spiro atoms. The van der Waals surface area contributed by atoms with Crippen molar-refractivity contribution in [3.8, 4) is 11.1 Å². The second kappa shape index (κ2) is 13.5. The lowest BCUT2D eigenvalue weighted by molar-refractivity contribution is -0.645. The molecule has 0 bridgehead atoms. The second-order valence-corrected chi connectivity index (χ2v) is 12.6. The first-order chi connectivity index (χ1) is 23.0. The molecule has 0 saturated carbocycles. The monoisotopic (exact) mass is 644 g/mol. The summed E-state index contributed by atoms with van der Waals surface area (Å²) in [6, 6.07) is 35.7. The number of hydrogen-bond donors (Lipinski definition) is 1. The molecule has 47 heavy (non-hydrogen) atoms. The first kappa shape index (κ1) is 30.8. The predicted octanol–water partition coefficient (Wildman–Crippen LogP) is 6.61. The molecule has 1 N–H and O–H groups in total. The number of fused-ring (bicyclic) bond motifs is 1. The van der Waals surface area contributed by atoms with Crippen molar-refractivity contribution in [3.63, 3.8) is 0 Å². The summed E-state index contributed by atoms with van der Waals surface area (Å²) in [6.07, 6.45) is 1.01. The molecule has 2 aliphatic rings. The van der Waals surface area contributed by atoms with E-state index < -0.39 is 6.29 Å². The van der Waals surface area contributed by atoms with Crippen molar-refractivity contribution < 1.29 is 28.9 Å². The number of thioether (sulfide) groups is 1. The zero-order valence-corrected chi connectivity index (χ0v) is 26.2. The molecule has 3 heterocycles. The van der Waals surface area contributed by atoms with E-state index in [-0.39, 0.29) is 37.2 Å². The fourth-order valence-electron chi connectivity index (χ4n) is 6.04. The molecular weight excluding hydrogens is 612 g/mol. The molecule has 1 aromatic heterocycles. The van der Waals surface area contributed by atoms with Crippen LogP contribution in [0.2, 0.25) is 0 Å². The summed E-state index contributed by atoms with van der Waals surface area (Å²) in [4.78, 5) is 27.4. The average molecular weight is 645 g/mol. The van der Waals surface area contributed by atoms with Crippen LogP contribution in [0.25, 0.3) is 11.1 Å². The molecule has 1 saturated heterocycles. The van der Waals surface area contributed by atoms with Crippen LogP contribution in [0, 0.1) is 5.21 Å². The number of aliphatic hydroxyl groups is 1. The Bertz CT molecular complexity index is 1880. The van der Waals surface area contributed by atoms with E-state index >= 15 is 0 Å². The summed E-state index contributed by atoms with van der Waals surface area (Å²) in [5.74, 6) is 0.00144. The van der Waals surface area contributed by atoms with Crippen molar-refractivity contribution in [2.45, 2.75) is 43.1 Å². The Labute approximate surface area is 276 Å². The first-order valence-electron chi connectivity index (χ1n) is 15.4. The van der Waals surface area contributed by atoms with Crippen LogP contribution in [0.3, 0.4) is 0 Å². The number of benzene rings is 4. The van der Waals surface area contributed by atoms with Gasteiger partial charge in [0.2, 0.25) is 0 Å². The highest BCUT2D eigenvalue weighted by atomic mass is 32.2. The number of ether oxygens (including phenoxy) is 2. The van der Waals surface area contributed by atoms with Gasteiger partial charge < -0.3 is 19.8 Å². The smallest absolute Gasteiger partial charge is 0.261 e. The molecule has 5 aromatic rings. The van der Waals surface area contributed by atoms with E-state index in [2.05, 4.69) is 0 Å². The fraction of sp³-hybridized carbons (Fsp3) is 0.184. The summed E-state index contributed by atoms with van der Waals surface area (Å²) in [7, 11) is 0. The number of aromatic nitrogens is 1. The topological polar surface area (TPSA) is 103 Å². The molecule has 0 aliphatic carbocycles. The molecule has 7 rings (SSSR count). The first-order valence-corrected chi connectivity index (χ1v) is 16.4. The fourth-order valence-corrected chi connectivity index (χ4v) is 6.97. The van der Waals surface area contributed by atoms with Crippen molar-refractivity contribution in [2.24, 2.45) is 0 Å². The Morgan fingerprint density at radius 3 is 2.09 bits per heavy atom. The zero-order chi connectivity index (χ0) is 32.3. The van der Waals surface area contributed by atoms with Crippen molar-refractivity contribution in [2.75, 3.05) is 5.75 Å². The average Bonchev–Trinajstić information content (AvgIpc) is 3.36. The minimum atomic E-state index is -0.644. The Morgan fingerprint density at radius 2 is 1.40 bits per heavy atom.